The molecule has 14 aromatic carbocycles. The van der Waals surface area contributed by atoms with Crippen LogP contribution < -0.4 is 56.4 Å². The molecule has 0 fully saturated rings. The summed E-state index contributed by atoms with van der Waals surface area (Å²) in [6.07, 6.45) is 16.6. The second-order valence-electron chi connectivity index (χ2n) is 33.7. The van der Waals surface area contributed by atoms with Crippen LogP contribution in [-0.2, 0) is 90.3 Å². The number of imidazole rings is 1. The number of aliphatic hydroxyl groups is 1. The molecule has 2 radical (unpaired) electrons. The van der Waals surface area contributed by atoms with Gasteiger partial charge in [-0.1, -0.05) is 289 Å². The summed E-state index contributed by atoms with van der Waals surface area (Å²) in [7, 11) is -1.21. The number of allylic oxidation sites excluding steroid dienone is 4. The molecule has 0 aliphatic carbocycles. The van der Waals surface area contributed by atoms with Gasteiger partial charge in [-0.25, -0.2) is 42.0 Å². The number of aromatic nitrogens is 8. The Hall–Kier alpha value is -14.0. The Labute approximate surface area is 903 Å². The van der Waals surface area contributed by atoms with Gasteiger partial charge < -0.3 is 40.4 Å². The molecule has 2 unspecified atom stereocenters. The van der Waals surface area contributed by atoms with E-state index in [-0.39, 0.29) is 83.8 Å². The Bertz CT molecular complexity index is 7280. The molecule has 2 atom stereocenters. The third-order valence-electron chi connectivity index (χ3n) is 22.8. The zero-order valence-corrected chi connectivity index (χ0v) is 89.1. The number of hydrogen-bond acceptors (Lipinski definition) is 8. The molecule has 3 aliphatic rings. The number of rotatable bonds is 18. The van der Waals surface area contributed by atoms with Crippen LogP contribution in [0.25, 0.3) is 72.3 Å². The van der Waals surface area contributed by atoms with Crippen LogP contribution in [0, 0.1) is 32.8 Å². The van der Waals surface area contributed by atoms with Gasteiger partial charge in [0.2, 0.25) is 6.67 Å². The SMILES string of the molecule is C1=CB2c3cccc[n+]3CN2C=C1.CC(=O)/C=C(/C)O.[CH2-]c1ccccc1[N-]c1ccccc1[CH2-].[CH2-]c1ccccc1[N-]c1ccccc1[PH+](C)CC(C)C.[Cu+].[Cu].[Cu].[Pt].[c-]1ccccc1-c1ccccn1.c1cc2c3c(c1)ccn1c4ccccc4[n+](c31)C2.c1ccc(-c2n[n-]c(-c3ccccn3)n2)cc1.c1ccc(Pc2ccccc2Oc2ccccc2[PH+](c2ccccc2)c2ccccc2)cc1.c1ccccc1. The van der Waals surface area contributed by atoms with Gasteiger partial charge in [0, 0.05) is 98.5 Å². The fourth-order valence-corrected chi connectivity index (χ4v) is 22.5. The molecule has 0 amide bonds. The van der Waals surface area contributed by atoms with Crippen LogP contribution in [0.3, 0.4) is 0 Å². The van der Waals surface area contributed by atoms with Gasteiger partial charge in [-0.05, 0) is 151 Å². The van der Waals surface area contributed by atoms with Crippen LogP contribution in [0.5, 0.6) is 11.5 Å². The van der Waals surface area contributed by atoms with Gasteiger partial charge in [-0.3, -0.25) is 31.9 Å². The third-order valence-corrected chi connectivity index (χ3v) is 29.6. The first-order valence-corrected chi connectivity index (χ1v) is 51.6. The van der Waals surface area contributed by atoms with Gasteiger partial charge in [0.15, 0.2) is 34.4 Å². The van der Waals surface area contributed by atoms with E-state index >= 15 is 0 Å². The molecule has 0 bridgehead atoms. The third kappa shape index (κ3) is 31.7. The molecular weight excluding hydrogens is 2170 g/mol. The van der Waals surface area contributed by atoms with Crippen LogP contribution in [0.15, 0.2) is 492 Å². The van der Waals surface area contributed by atoms with Gasteiger partial charge in [-0.2, -0.15) is 27.2 Å². The number of nitrogens with zero attached hydrogens (tertiary/aromatic N) is 11. The molecule has 0 saturated heterocycles. The minimum Gasteiger partial charge on any atom is -0.774 e. The van der Waals surface area contributed by atoms with Gasteiger partial charge in [0.25, 0.3) is 5.65 Å². The molecule has 0 spiro atoms. The van der Waals surface area contributed by atoms with Gasteiger partial charge in [-0.15, -0.1) is 78.0 Å². The maximum Gasteiger partial charge on any atom is 1.00 e. The number of para-hydroxylation sites is 8. The van der Waals surface area contributed by atoms with Crippen molar-refractivity contribution in [2.45, 2.75) is 40.9 Å². The summed E-state index contributed by atoms with van der Waals surface area (Å²) in [5.41, 5.74) is 17.2. The molecule has 740 valence electrons. The standard InChI is InChI=1S/C30H24OP2.C18H22NP.C16H11N2.C14H12N.C13H9N4.C11H8N.C10H10BN2.C6H6.C5H8O2.3Cu.Pt/c1-4-14-24(15-5-1)32-29-22-12-10-20-27(29)31-28-21-11-13-23-30(28)33(25-16-6-2-7-17-25)26-18-8-3-9-19-26;1-14(2)13-20(4)18-12-8-7-11-17(18)19-16-10-6-5-9-15(16)3;1-2-7-14-13(6-1)17-9-8-11-4-3-5-12-10-18(14)16(17)15(11)12;1-11-7-3-5-9-13(11)15-14-10-6-4-8-12(14)2;1-2-6-10(7-3-1)12-15-13(17-16-12)11-8-4-5-9-14-11;1-2-6-10(7-3-1)11-8-4-5-9-12-11;1-3-7-12-9-13-8-4-2-6-11(13)10(12)5-1;1-2-4-6-5-3-1;1-4(6)3-5(2)7;;;;/h1-23,32H;5-12,14H,3,13H2,1-2,4H3;1-9H,10H2;3-10H,1-2H2;1-9H;1-6,8-9H;1-8H,9H2;1-6H;3,6H,1-2H3;;;;/q;-2;+1;-3;2*-1;+1;;;;;+1;/p+2/b;;;;;;;;4-3-;;;;. The van der Waals surface area contributed by atoms with Crippen molar-refractivity contribution in [1.29, 1.82) is 0 Å². The molecule has 22 heteroatoms. The maximum atomic E-state index is 10.0. The van der Waals surface area contributed by atoms with Gasteiger partial charge in [0.05, 0.1) is 47.0 Å². The number of benzene rings is 14. The van der Waals surface area contributed by atoms with Crippen molar-refractivity contribution in [3.8, 4) is 45.7 Å². The van der Waals surface area contributed by atoms with E-state index in [9.17, 15) is 4.79 Å². The van der Waals surface area contributed by atoms with Crippen LogP contribution >= 0.6 is 24.4 Å². The predicted octanol–water partition coefficient (Wildman–Crippen LogP) is 25.7. The number of ketones is 1. The summed E-state index contributed by atoms with van der Waals surface area (Å²) in [4.78, 5) is 25.1. The number of pyridine rings is 4. The minimum atomic E-state index is -1.22. The first-order valence-electron chi connectivity index (χ1n) is 46.9. The fraction of sp³-hybridized carbons (Fsp3) is 0.0732. The minimum absolute atomic E-state index is 0. The zero-order chi connectivity index (χ0) is 97.7. The van der Waals surface area contributed by atoms with Crippen LogP contribution in [0.4, 0.5) is 22.7 Å². The van der Waals surface area contributed by atoms with Crippen molar-refractivity contribution in [2.24, 2.45) is 5.92 Å². The smallest absolute Gasteiger partial charge is 0.774 e. The van der Waals surface area contributed by atoms with E-state index in [1.165, 1.54) is 96.5 Å². The number of carbonyl (C=O) groups excluding carboxylic acids is 1. The van der Waals surface area contributed by atoms with E-state index in [0.29, 0.717) is 27.1 Å². The van der Waals surface area contributed by atoms with Gasteiger partial charge >= 0.3 is 23.9 Å². The van der Waals surface area contributed by atoms with Crippen LogP contribution in [0.1, 0.15) is 49.9 Å². The molecule has 6 aromatic heterocycles. The Morgan fingerprint density at radius 2 is 1.07 bits per heavy atom. The Morgan fingerprint density at radius 3 is 1.65 bits per heavy atom. The zero-order valence-electron chi connectivity index (χ0n) is 81.0. The van der Waals surface area contributed by atoms with Crippen molar-refractivity contribution >= 4 is 125 Å². The molecule has 20 aromatic rings. The van der Waals surface area contributed by atoms with E-state index in [1.54, 1.807) is 12.4 Å². The topological polar surface area (TPSA) is 156 Å². The normalized spacial score (nSPS) is 11.4. The fourth-order valence-electron chi connectivity index (χ4n) is 16.3. The van der Waals surface area contributed by atoms with E-state index in [1.807, 2.05) is 200 Å². The summed E-state index contributed by atoms with van der Waals surface area (Å²) < 4.78 is 13.7. The van der Waals surface area contributed by atoms with Crippen LogP contribution in [-0.4, -0.2) is 59.8 Å². The number of fused-ring (bicyclic) bond motifs is 6. The van der Waals surface area contributed by atoms with Crippen molar-refractivity contribution in [3.05, 3.63) is 551 Å². The van der Waals surface area contributed by atoms with Crippen molar-refractivity contribution in [1.82, 2.24) is 34.4 Å². The Balaban J connectivity index is 0.000000160. The maximum absolute atomic E-state index is 10.0. The van der Waals surface area contributed by atoms with Crippen molar-refractivity contribution in [3.63, 3.8) is 0 Å². The van der Waals surface area contributed by atoms with E-state index < -0.39 is 15.8 Å². The van der Waals surface area contributed by atoms with E-state index in [2.05, 4.69) is 363 Å². The Morgan fingerprint density at radius 1 is 0.552 bits per heavy atom. The number of ether oxygens (including phenoxy) is 1. The molecule has 9 heterocycles. The van der Waals surface area contributed by atoms with Gasteiger partial charge in [0.1, 0.15) is 36.1 Å². The molecule has 0 saturated carbocycles. The number of aliphatic hydroxyl groups excluding tert-OH is 1. The summed E-state index contributed by atoms with van der Waals surface area (Å²) >= 11 is 0. The second-order valence-corrected chi connectivity index (χ2v) is 40.0. The van der Waals surface area contributed by atoms with E-state index in [4.69, 9.17) is 15.2 Å². The molecule has 1 N–H and O–H groups in total. The summed E-state index contributed by atoms with van der Waals surface area (Å²) in [6.45, 7) is 24.2. The molecular formula is C123H112BCu3N11O3P3Pt-2. The molecule has 145 heavy (non-hydrogen) atoms. The monoisotopic (exact) mass is 2280 g/mol. The quantitative estimate of drug-likeness (QED) is 0.0221. The average molecular weight is 2280 g/mol. The number of carbonyl (C=O) groups is 1. The first kappa shape index (κ1) is 111. The molecule has 14 nitrogen and oxygen atoms in total. The van der Waals surface area contributed by atoms with E-state index in [0.717, 1.165) is 92.6 Å². The second kappa shape index (κ2) is 58.1. The Kier molecular flexibility index (Phi) is 44.6. The molecule has 3 aliphatic heterocycles. The van der Waals surface area contributed by atoms with Crippen molar-refractivity contribution < 1.29 is 96.0 Å². The van der Waals surface area contributed by atoms with Crippen molar-refractivity contribution in [2.75, 3.05) is 12.8 Å². The largest absolute Gasteiger partial charge is 1.00 e. The summed E-state index contributed by atoms with van der Waals surface area (Å²) in [6, 6.07) is 149. The first-order chi connectivity index (χ1) is 69.1. The van der Waals surface area contributed by atoms with Crippen LogP contribution in [0.2, 0.25) is 0 Å². The number of hydrogen-bond donors (Lipinski definition) is 1. The molecule has 23 rings (SSSR count). The summed E-state index contributed by atoms with van der Waals surface area (Å²) in [5.74, 6) is 5.96. The summed E-state index contributed by atoms with van der Waals surface area (Å²) in [5, 5.41) is 36.5. The average Bonchev–Trinajstić information content (AvgIpc) is 1.55. The predicted molar refractivity (Wildman–Crippen MR) is 595 cm³/mol.